The van der Waals surface area contributed by atoms with Gasteiger partial charge in [-0.2, -0.15) is 0 Å². The predicted molar refractivity (Wildman–Crippen MR) is 72.1 cm³/mol. The third kappa shape index (κ3) is 3.35. The van der Waals surface area contributed by atoms with E-state index < -0.39 is 0 Å². The summed E-state index contributed by atoms with van der Waals surface area (Å²) in [6.45, 7) is 4.53. The van der Waals surface area contributed by atoms with Crippen molar-refractivity contribution in [2.24, 2.45) is 0 Å². The summed E-state index contributed by atoms with van der Waals surface area (Å²) < 4.78 is 5.39. The van der Waals surface area contributed by atoms with Crippen molar-refractivity contribution in [3.8, 4) is 0 Å². The molecule has 0 saturated carbocycles. The number of halogens is 1. The maximum Gasteiger partial charge on any atom is 0.0642 e. The summed E-state index contributed by atoms with van der Waals surface area (Å²) in [7, 11) is 1.97. The van der Waals surface area contributed by atoms with Gasteiger partial charge >= 0.3 is 0 Å². The molecule has 0 bridgehead atoms. The maximum absolute atomic E-state index is 6.07. The minimum absolute atomic E-state index is 0.813. The molecular weight excluding hydrogens is 236 g/mol. The highest BCUT2D eigenvalue weighted by atomic mass is 35.5. The molecule has 2 rings (SSSR count). The number of ether oxygens (including phenoxy) is 1. The molecule has 1 N–H and O–H groups in total. The van der Waals surface area contributed by atoms with Gasteiger partial charge in [0.25, 0.3) is 0 Å². The van der Waals surface area contributed by atoms with E-state index in [1.54, 1.807) is 0 Å². The van der Waals surface area contributed by atoms with Crippen molar-refractivity contribution in [1.82, 2.24) is 5.32 Å². The number of anilines is 1. The first-order chi connectivity index (χ1) is 8.31. The lowest BCUT2D eigenvalue weighted by molar-refractivity contribution is 0.122. The predicted octanol–water partition coefficient (Wildman–Crippen LogP) is 1.94. The minimum atomic E-state index is 0.813. The fraction of sp³-hybridized carbons (Fsp3) is 0.538. The molecule has 1 aliphatic heterocycles. The monoisotopic (exact) mass is 254 g/mol. The number of nitrogens with zero attached hydrogens (tertiary/aromatic N) is 1. The molecule has 1 aromatic carbocycles. The first-order valence-electron chi connectivity index (χ1n) is 6.07. The van der Waals surface area contributed by atoms with Crippen LogP contribution in [0.3, 0.4) is 0 Å². The van der Waals surface area contributed by atoms with E-state index in [9.17, 15) is 0 Å². The number of morpholine rings is 1. The number of hydrogen-bond acceptors (Lipinski definition) is 3. The summed E-state index contributed by atoms with van der Waals surface area (Å²) in [5.74, 6) is 0. The van der Waals surface area contributed by atoms with Crippen molar-refractivity contribution in [3.63, 3.8) is 0 Å². The Morgan fingerprint density at radius 3 is 2.82 bits per heavy atom. The third-order valence-electron chi connectivity index (χ3n) is 3.04. The highest BCUT2D eigenvalue weighted by Gasteiger charge is 2.14. The zero-order valence-corrected chi connectivity index (χ0v) is 11.0. The average Bonchev–Trinajstić information content (AvgIpc) is 2.37. The van der Waals surface area contributed by atoms with E-state index in [2.05, 4.69) is 22.3 Å². The van der Waals surface area contributed by atoms with Crippen LogP contribution in [0.15, 0.2) is 18.2 Å². The molecule has 94 valence electrons. The fourth-order valence-corrected chi connectivity index (χ4v) is 2.32. The molecular formula is C13H19ClN2O. The molecule has 0 unspecified atom stereocenters. The van der Waals surface area contributed by atoms with E-state index in [0.29, 0.717) is 0 Å². The zero-order valence-electron chi connectivity index (χ0n) is 10.2. The topological polar surface area (TPSA) is 24.5 Å². The Morgan fingerprint density at radius 2 is 2.12 bits per heavy atom. The van der Waals surface area contributed by atoms with Crippen molar-refractivity contribution >= 4 is 17.3 Å². The summed E-state index contributed by atoms with van der Waals surface area (Å²) >= 11 is 6.07. The van der Waals surface area contributed by atoms with Gasteiger partial charge in [-0.05, 0) is 43.8 Å². The molecule has 0 atom stereocenters. The molecule has 1 aromatic rings. The first-order valence-corrected chi connectivity index (χ1v) is 6.45. The van der Waals surface area contributed by atoms with E-state index in [4.69, 9.17) is 16.3 Å². The summed E-state index contributed by atoms with van der Waals surface area (Å²) in [5.41, 5.74) is 2.61. The quantitative estimate of drug-likeness (QED) is 0.889. The van der Waals surface area contributed by atoms with Crippen LogP contribution in [0.1, 0.15) is 5.56 Å². The molecule has 4 heteroatoms. The van der Waals surface area contributed by atoms with Crippen molar-refractivity contribution in [3.05, 3.63) is 28.8 Å². The van der Waals surface area contributed by atoms with Crippen LogP contribution in [-0.2, 0) is 11.2 Å². The van der Waals surface area contributed by atoms with Crippen LogP contribution in [0.4, 0.5) is 5.69 Å². The average molecular weight is 255 g/mol. The Bertz CT molecular complexity index is 364. The Hall–Kier alpha value is -0.770. The number of rotatable bonds is 4. The fourth-order valence-electron chi connectivity index (χ4n) is 2.13. The second kappa shape index (κ2) is 6.24. The molecule has 1 fully saturated rings. The lowest BCUT2D eigenvalue weighted by Gasteiger charge is -2.30. The smallest absolute Gasteiger partial charge is 0.0642 e. The third-order valence-corrected chi connectivity index (χ3v) is 3.27. The van der Waals surface area contributed by atoms with Gasteiger partial charge in [0, 0.05) is 23.8 Å². The second-order valence-electron chi connectivity index (χ2n) is 4.23. The van der Waals surface area contributed by atoms with Crippen LogP contribution in [0.2, 0.25) is 5.02 Å². The molecule has 0 aliphatic carbocycles. The Balaban J connectivity index is 2.18. The lowest BCUT2D eigenvalue weighted by Crippen LogP contribution is -2.36. The zero-order chi connectivity index (χ0) is 12.1. The van der Waals surface area contributed by atoms with E-state index in [0.717, 1.165) is 44.3 Å². The van der Waals surface area contributed by atoms with Gasteiger partial charge in [-0.3, -0.25) is 0 Å². The van der Waals surface area contributed by atoms with Crippen molar-refractivity contribution < 1.29 is 4.74 Å². The van der Waals surface area contributed by atoms with Gasteiger partial charge in [0.05, 0.1) is 13.2 Å². The highest BCUT2D eigenvalue weighted by molar-refractivity contribution is 6.30. The summed E-state index contributed by atoms with van der Waals surface area (Å²) in [5, 5.41) is 3.99. The molecule has 3 nitrogen and oxygen atoms in total. The molecule has 17 heavy (non-hydrogen) atoms. The Labute approximate surface area is 108 Å². The van der Waals surface area contributed by atoms with E-state index in [1.807, 2.05) is 13.1 Å². The summed E-state index contributed by atoms with van der Waals surface area (Å²) in [6, 6.07) is 6.16. The molecule has 1 aliphatic rings. The van der Waals surface area contributed by atoms with Gasteiger partial charge in [-0.1, -0.05) is 11.6 Å². The first kappa shape index (κ1) is 12.7. The SMILES string of the molecule is CNCCc1cc(Cl)ccc1N1CCOCC1. The number of likely N-dealkylation sites (N-methyl/N-ethyl adjacent to an activating group) is 1. The van der Waals surface area contributed by atoms with Crippen molar-refractivity contribution in [2.45, 2.75) is 6.42 Å². The van der Waals surface area contributed by atoms with Gasteiger partial charge in [0.15, 0.2) is 0 Å². The number of hydrogen-bond donors (Lipinski definition) is 1. The van der Waals surface area contributed by atoms with E-state index in [-0.39, 0.29) is 0 Å². The van der Waals surface area contributed by atoms with Crippen LogP contribution in [0.25, 0.3) is 0 Å². The van der Waals surface area contributed by atoms with Gasteiger partial charge in [0.2, 0.25) is 0 Å². The summed E-state index contributed by atoms with van der Waals surface area (Å²) in [4.78, 5) is 2.38. The van der Waals surface area contributed by atoms with Crippen molar-refractivity contribution in [1.29, 1.82) is 0 Å². The van der Waals surface area contributed by atoms with E-state index >= 15 is 0 Å². The largest absolute Gasteiger partial charge is 0.378 e. The summed E-state index contributed by atoms with van der Waals surface area (Å²) in [6.07, 6.45) is 1.00. The molecule has 1 saturated heterocycles. The second-order valence-corrected chi connectivity index (χ2v) is 4.66. The van der Waals surface area contributed by atoms with Gasteiger partial charge in [-0.15, -0.1) is 0 Å². The maximum atomic E-state index is 6.07. The van der Waals surface area contributed by atoms with Crippen LogP contribution in [-0.4, -0.2) is 39.9 Å². The van der Waals surface area contributed by atoms with Crippen LogP contribution in [0, 0.1) is 0 Å². The Kier molecular flexibility index (Phi) is 4.66. The minimum Gasteiger partial charge on any atom is -0.378 e. The number of benzene rings is 1. The Morgan fingerprint density at radius 1 is 1.35 bits per heavy atom. The van der Waals surface area contributed by atoms with Crippen LogP contribution >= 0.6 is 11.6 Å². The van der Waals surface area contributed by atoms with Crippen LogP contribution < -0.4 is 10.2 Å². The van der Waals surface area contributed by atoms with E-state index in [1.165, 1.54) is 11.3 Å². The highest BCUT2D eigenvalue weighted by Crippen LogP contribution is 2.25. The lowest BCUT2D eigenvalue weighted by atomic mass is 10.1. The number of nitrogens with one attached hydrogen (secondary N) is 1. The van der Waals surface area contributed by atoms with Gasteiger partial charge < -0.3 is 15.0 Å². The normalized spacial score (nSPS) is 16.2. The van der Waals surface area contributed by atoms with Crippen molar-refractivity contribution in [2.75, 3.05) is 44.8 Å². The molecule has 1 heterocycles. The van der Waals surface area contributed by atoms with Gasteiger partial charge in [-0.25, -0.2) is 0 Å². The molecule has 0 aromatic heterocycles. The molecule has 0 spiro atoms. The molecule has 0 radical (unpaired) electrons. The van der Waals surface area contributed by atoms with Gasteiger partial charge in [0.1, 0.15) is 0 Å². The molecule has 0 amide bonds. The van der Waals surface area contributed by atoms with Crippen LogP contribution in [0.5, 0.6) is 0 Å². The standard InChI is InChI=1S/C13H19ClN2O/c1-15-5-4-11-10-12(14)2-3-13(11)16-6-8-17-9-7-16/h2-3,10,15H,4-9H2,1H3.